The summed E-state index contributed by atoms with van der Waals surface area (Å²) in [6, 6.07) is 8.17. The molecule has 0 spiro atoms. The van der Waals surface area contributed by atoms with E-state index >= 15 is 0 Å². The number of carboxylic acid groups (broad SMARTS) is 1. The van der Waals surface area contributed by atoms with Gasteiger partial charge in [-0.1, -0.05) is 6.07 Å². The minimum absolute atomic E-state index is 0.305. The predicted octanol–water partition coefficient (Wildman–Crippen LogP) is 4.88. The van der Waals surface area contributed by atoms with Crippen LogP contribution in [0.2, 0.25) is 0 Å². The van der Waals surface area contributed by atoms with Crippen molar-refractivity contribution in [1.29, 1.82) is 0 Å². The highest BCUT2D eigenvalue weighted by atomic mass is 32.1. The van der Waals surface area contributed by atoms with Gasteiger partial charge in [0.2, 0.25) is 5.95 Å². The molecule has 3 heterocycles. The molecule has 8 nitrogen and oxygen atoms in total. The van der Waals surface area contributed by atoms with Gasteiger partial charge in [0, 0.05) is 49.2 Å². The molecule has 172 valence electrons. The molecule has 5 rings (SSSR count). The summed E-state index contributed by atoms with van der Waals surface area (Å²) >= 11 is 1.46. The molecule has 2 fully saturated rings. The molecule has 1 aromatic carbocycles. The van der Waals surface area contributed by atoms with Crippen LogP contribution in [0.25, 0.3) is 10.4 Å². The number of anilines is 2. The highest BCUT2D eigenvalue weighted by Crippen LogP contribution is 2.40. The van der Waals surface area contributed by atoms with Gasteiger partial charge < -0.3 is 20.4 Å². The summed E-state index contributed by atoms with van der Waals surface area (Å²) in [5, 5.41) is 24.5. The number of aromatic nitrogens is 3. The molecular weight excluding hydrogens is 438 g/mol. The summed E-state index contributed by atoms with van der Waals surface area (Å²) in [7, 11) is 0. The quantitative estimate of drug-likeness (QED) is 0.492. The lowest BCUT2D eigenvalue weighted by Crippen LogP contribution is -2.32. The van der Waals surface area contributed by atoms with E-state index in [1.165, 1.54) is 29.1 Å². The summed E-state index contributed by atoms with van der Waals surface area (Å²) in [4.78, 5) is 27.2. The van der Waals surface area contributed by atoms with Crippen LogP contribution in [0.15, 0.2) is 36.7 Å². The van der Waals surface area contributed by atoms with Gasteiger partial charge in [-0.25, -0.2) is 19.7 Å². The average Bonchev–Trinajstić information content (AvgIpc) is 3.55. The molecule has 1 aliphatic carbocycles. The Morgan fingerprint density at radius 2 is 2.06 bits per heavy atom. The van der Waals surface area contributed by atoms with Gasteiger partial charge in [-0.15, -0.1) is 11.3 Å². The van der Waals surface area contributed by atoms with Crippen molar-refractivity contribution in [3.63, 3.8) is 0 Å². The summed E-state index contributed by atoms with van der Waals surface area (Å²) in [6.45, 7) is 2.78. The second kappa shape index (κ2) is 8.72. The lowest BCUT2D eigenvalue weighted by Gasteiger charge is -2.24. The largest absolute Gasteiger partial charge is 0.465 e. The Morgan fingerprint density at radius 1 is 1.21 bits per heavy atom. The van der Waals surface area contributed by atoms with Gasteiger partial charge >= 0.3 is 6.09 Å². The highest BCUT2D eigenvalue weighted by Gasteiger charge is 2.36. The zero-order chi connectivity index (χ0) is 23.0. The van der Waals surface area contributed by atoms with Crippen molar-refractivity contribution in [2.75, 3.05) is 18.4 Å². The Labute approximate surface area is 196 Å². The van der Waals surface area contributed by atoms with Crippen molar-refractivity contribution in [3.05, 3.63) is 52.9 Å². The molecule has 9 heteroatoms. The van der Waals surface area contributed by atoms with Gasteiger partial charge in [0.1, 0.15) is 10.6 Å². The topological polar surface area (TPSA) is 111 Å². The number of amides is 1. The second-order valence-corrected chi connectivity index (χ2v) is 10.0. The molecule has 1 amide bonds. The van der Waals surface area contributed by atoms with E-state index in [1.54, 1.807) is 12.4 Å². The van der Waals surface area contributed by atoms with Crippen LogP contribution in [0.4, 0.5) is 16.4 Å². The number of benzene rings is 1. The first kappa shape index (κ1) is 21.8. The maximum atomic E-state index is 11.3. The molecule has 2 aliphatic rings. The highest BCUT2D eigenvalue weighted by molar-refractivity contribution is 7.15. The van der Waals surface area contributed by atoms with Crippen LogP contribution in [0.1, 0.15) is 54.3 Å². The third-order valence-electron chi connectivity index (χ3n) is 6.28. The van der Waals surface area contributed by atoms with Crippen molar-refractivity contribution in [1.82, 2.24) is 19.9 Å². The first-order valence-electron chi connectivity index (χ1n) is 11.3. The van der Waals surface area contributed by atoms with Crippen LogP contribution >= 0.6 is 11.3 Å². The molecule has 1 atom stereocenters. The molecule has 1 aliphatic heterocycles. The van der Waals surface area contributed by atoms with Crippen molar-refractivity contribution in [2.24, 2.45) is 0 Å². The first-order chi connectivity index (χ1) is 15.9. The summed E-state index contributed by atoms with van der Waals surface area (Å²) < 4.78 is 0. The number of hydrogen-bond donors (Lipinski definition) is 3. The molecule has 0 bridgehead atoms. The summed E-state index contributed by atoms with van der Waals surface area (Å²) in [6.07, 6.45) is 6.50. The van der Waals surface area contributed by atoms with Gasteiger partial charge in [0.05, 0.1) is 4.88 Å². The maximum Gasteiger partial charge on any atom is 0.407 e. The van der Waals surface area contributed by atoms with Gasteiger partial charge in [-0.05, 0) is 61.9 Å². The summed E-state index contributed by atoms with van der Waals surface area (Å²) in [5.74, 6) is 1.16. The number of likely N-dealkylation sites (tertiary alicyclic amines) is 1. The fourth-order valence-electron chi connectivity index (χ4n) is 4.31. The number of hydrogen-bond acceptors (Lipinski definition) is 7. The smallest absolute Gasteiger partial charge is 0.407 e. The van der Waals surface area contributed by atoms with Crippen molar-refractivity contribution < 1.29 is 15.0 Å². The fourth-order valence-corrected chi connectivity index (χ4v) is 5.36. The zero-order valence-corrected chi connectivity index (χ0v) is 19.3. The van der Waals surface area contributed by atoms with E-state index in [-0.39, 0.29) is 0 Å². The van der Waals surface area contributed by atoms with Crippen LogP contribution in [-0.4, -0.2) is 49.2 Å². The number of aryl methyl sites for hydroxylation is 1. The minimum Gasteiger partial charge on any atom is -0.465 e. The molecule has 1 saturated heterocycles. The Balaban J connectivity index is 1.36. The Morgan fingerprint density at radius 3 is 2.85 bits per heavy atom. The van der Waals surface area contributed by atoms with E-state index in [1.807, 2.05) is 19.1 Å². The minimum atomic E-state index is -1.10. The lowest BCUT2D eigenvalue weighted by atomic mass is 9.96. The van der Waals surface area contributed by atoms with Gasteiger partial charge in [0.25, 0.3) is 0 Å². The average molecular weight is 466 g/mol. The number of carbonyl (C=O) groups is 1. The zero-order valence-electron chi connectivity index (χ0n) is 18.5. The van der Waals surface area contributed by atoms with Crippen molar-refractivity contribution in [2.45, 2.75) is 50.5 Å². The van der Waals surface area contributed by atoms with Crippen LogP contribution in [0.5, 0.6) is 0 Å². The van der Waals surface area contributed by atoms with Crippen molar-refractivity contribution >= 4 is 29.1 Å². The number of rotatable bonds is 5. The molecule has 2 aromatic heterocycles. The normalized spacial score (nSPS) is 21.0. The molecule has 33 heavy (non-hydrogen) atoms. The van der Waals surface area contributed by atoms with E-state index in [9.17, 15) is 15.0 Å². The fraction of sp³-hybridized carbons (Fsp3) is 0.417. The van der Waals surface area contributed by atoms with Crippen LogP contribution in [0, 0.1) is 6.92 Å². The second-order valence-electron chi connectivity index (χ2n) is 8.98. The number of aliphatic hydroxyl groups is 1. The molecule has 1 saturated carbocycles. The van der Waals surface area contributed by atoms with Crippen LogP contribution in [0.3, 0.4) is 0 Å². The van der Waals surface area contributed by atoms with E-state index in [0.717, 1.165) is 27.4 Å². The predicted molar refractivity (Wildman–Crippen MR) is 127 cm³/mol. The summed E-state index contributed by atoms with van der Waals surface area (Å²) in [5.41, 5.74) is 2.98. The van der Waals surface area contributed by atoms with E-state index in [0.29, 0.717) is 49.2 Å². The van der Waals surface area contributed by atoms with Gasteiger partial charge in [0.15, 0.2) is 0 Å². The van der Waals surface area contributed by atoms with Gasteiger partial charge in [-0.3, -0.25) is 0 Å². The van der Waals surface area contributed by atoms with E-state index in [4.69, 9.17) is 0 Å². The van der Waals surface area contributed by atoms with Crippen LogP contribution in [-0.2, 0) is 5.60 Å². The molecule has 3 N–H and O–H groups in total. The molecule has 0 radical (unpaired) electrons. The van der Waals surface area contributed by atoms with E-state index < -0.39 is 11.7 Å². The Hall–Kier alpha value is -3.04. The Bertz CT molecular complexity index is 1180. The number of nitrogens with zero attached hydrogens (tertiary/aromatic N) is 4. The standard InChI is InChI=1S/C24H27N5O3S/c1-15-11-17(13-18(12-15)27-22-25-8-5-19(28-22)16-3-4-16)20-14-26-21(33-20)24(32)6-2-9-29(10-7-24)23(30)31/h5,8,11-14,16,32H,2-4,6-7,9-10H2,1H3,(H,30,31)(H,25,27,28)/t24-/m1/s1. The third-order valence-corrected chi connectivity index (χ3v) is 7.52. The Kier molecular flexibility index (Phi) is 5.76. The first-order valence-corrected chi connectivity index (χ1v) is 12.1. The van der Waals surface area contributed by atoms with Gasteiger partial charge in [-0.2, -0.15) is 0 Å². The molecular formula is C24H27N5O3S. The van der Waals surface area contributed by atoms with Crippen LogP contribution < -0.4 is 5.32 Å². The lowest BCUT2D eigenvalue weighted by molar-refractivity contribution is 0.0213. The monoisotopic (exact) mass is 465 g/mol. The van der Waals surface area contributed by atoms with E-state index in [2.05, 4.69) is 32.4 Å². The molecule has 0 unspecified atom stereocenters. The number of nitrogens with one attached hydrogen (secondary N) is 1. The van der Waals surface area contributed by atoms with Crippen molar-refractivity contribution in [3.8, 4) is 10.4 Å². The third kappa shape index (κ3) is 4.84. The maximum absolute atomic E-state index is 11.3. The number of thiazole rings is 1. The molecule has 3 aromatic rings. The SMILES string of the molecule is Cc1cc(Nc2nccc(C3CC3)n2)cc(-c2cnc([C@@]3(O)CCCN(C(=O)O)CC3)s2)c1.